The van der Waals surface area contributed by atoms with E-state index in [0.717, 1.165) is 10.3 Å². The summed E-state index contributed by atoms with van der Waals surface area (Å²) in [6.45, 7) is 7.40. The van der Waals surface area contributed by atoms with Crippen LogP contribution < -0.4 is 0 Å². The van der Waals surface area contributed by atoms with Gasteiger partial charge < -0.3 is 9.30 Å². The Balaban J connectivity index is 1.59. The predicted octanol–water partition coefficient (Wildman–Crippen LogP) is 4.29. The number of hydrogen-bond acceptors (Lipinski definition) is 7. The summed E-state index contributed by atoms with van der Waals surface area (Å²) in [5.41, 5.74) is 1.04. The summed E-state index contributed by atoms with van der Waals surface area (Å²) < 4.78 is 72.8. The van der Waals surface area contributed by atoms with Gasteiger partial charge in [-0.25, -0.2) is 13.4 Å². The average Bonchev–Trinajstić information content (AvgIpc) is 3.48. The zero-order chi connectivity index (χ0) is 29.3. The topological polar surface area (TPSA) is 130 Å². The molecule has 0 aliphatic carbocycles. The van der Waals surface area contributed by atoms with E-state index in [2.05, 4.69) is 35.8 Å². The van der Waals surface area contributed by atoms with Crippen molar-refractivity contribution >= 4 is 29.1 Å². The molecule has 3 aromatic rings. The van der Waals surface area contributed by atoms with Crippen LogP contribution in [-0.4, -0.2) is 71.8 Å². The van der Waals surface area contributed by atoms with E-state index in [4.69, 9.17) is 4.74 Å². The van der Waals surface area contributed by atoms with Crippen LogP contribution in [0.2, 0.25) is 25.7 Å². The minimum absolute atomic E-state index is 0.0958. The van der Waals surface area contributed by atoms with Gasteiger partial charge in [-0.2, -0.15) is 33.1 Å². The first-order valence-electron chi connectivity index (χ1n) is 12.6. The molecule has 3 aromatic heterocycles. The number of pyridine rings is 1. The maximum atomic E-state index is 12.6. The van der Waals surface area contributed by atoms with Crippen molar-refractivity contribution in [2.24, 2.45) is 0 Å². The number of rotatable bonds is 11. The number of fused-ring (bicyclic) bond motifs is 1. The third kappa shape index (κ3) is 6.39. The van der Waals surface area contributed by atoms with Crippen LogP contribution in [0.15, 0.2) is 30.9 Å². The first-order valence-corrected chi connectivity index (χ1v) is 17.9. The predicted molar refractivity (Wildman–Crippen MR) is 144 cm³/mol. The van der Waals surface area contributed by atoms with Crippen LogP contribution in [0.1, 0.15) is 18.4 Å². The van der Waals surface area contributed by atoms with Crippen LogP contribution in [0.4, 0.5) is 13.2 Å². The maximum Gasteiger partial charge on any atom is 0.390 e. The van der Waals surface area contributed by atoms with Gasteiger partial charge in [0.25, 0.3) is 0 Å². The Bertz CT molecular complexity index is 1570. The third-order valence-electron chi connectivity index (χ3n) is 6.88. The molecule has 1 aliphatic heterocycles. The van der Waals surface area contributed by atoms with Crippen molar-refractivity contribution in [2.45, 2.75) is 57.0 Å². The highest BCUT2D eigenvalue weighted by atomic mass is 32.2. The molecule has 40 heavy (non-hydrogen) atoms. The van der Waals surface area contributed by atoms with Crippen molar-refractivity contribution in [3.63, 3.8) is 0 Å². The summed E-state index contributed by atoms with van der Waals surface area (Å²) in [4.78, 5) is 4.46. The minimum Gasteiger partial charge on any atom is -0.361 e. The van der Waals surface area contributed by atoms with E-state index in [9.17, 15) is 32.1 Å². The lowest BCUT2D eigenvalue weighted by molar-refractivity contribution is -0.130. The second kappa shape index (κ2) is 11.0. The summed E-state index contributed by atoms with van der Waals surface area (Å²) in [5, 5.41) is 24.3. The van der Waals surface area contributed by atoms with Crippen molar-refractivity contribution in [2.75, 3.05) is 25.4 Å². The molecule has 0 N–H and O–H groups in total. The summed E-state index contributed by atoms with van der Waals surface area (Å²) in [6.07, 6.45) is 0.324. The molecule has 0 saturated carbocycles. The average molecular weight is 594 g/mol. The fourth-order valence-electron chi connectivity index (χ4n) is 4.56. The lowest BCUT2D eigenvalue weighted by atomic mass is 9.89. The summed E-state index contributed by atoms with van der Waals surface area (Å²) in [6, 6.07) is 7.04. The van der Waals surface area contributed by atoms with Gasteiger partial charge in [-0.3, -0.25) is 4.68 Å². The summed E-state index contributed by atoms with van der Waals surface area (Å²) in [7, 11) is -5.40. The highest BCUT2D eigenvalue weighted by molar-refractivity contribution is 7.89. The van der Waals surface area contributed by atoms with Crippen LogP contribution >= 0.6 is 0 Å². The van der Waals surface area contributed by atoms with E-state index in [1.165, 1.54) is 17.1 Å². The number of alkyl halides is 3. The maximum absolute atomic E-state index is 12.6. The molecule has 0 bridgehead atoms. The number of ether oxygens (including phenoxy) is 1. The fraction of sp³-hybridized carbons (Fsp3) is 0.520. The van der Waals surface area contributed by atoms with Crippen LogP contribution in [0.5, 0.6) is 0 Å². The first kappa shape index (κ1) is 29.7. The monoisotopic (exact) mass is 593 g/mol. The van der Waals surface area contributed by atoms with Crippen LogP contribution in [0.25, 0.3) is 22.2 Å². The second-order valence-corrected chi connectivity index (χ2v) is 18.9. The Morgan fingerprint density at radius 1 is 1.20 bits per heavy atom. The van der Waals surface area contributed by atoms with E-state index < -0.39 is 42.0 Å². The van der Waals surface area contributed by atoms with E-state index in [0.29, 0.717) is 41.1 Å². The van der Waals surface area contributed by atoms with Crippen molar-refractivity contribution in [1.82, 2.24) is 23.6 Å². The molecule has 1 aliphatic rings. The van der Waals surface area contributed by atoms with E-state index in [-0.39, 0.29) is 19.5 Å². The van der Waals surface area contributed by atoms with Gasteiger partial charge in [-0.1, -0.05) is 19.6 Å². The Morgan fingerprint density at radius 2 is 1.93 bits per heavy atom. The van der Waals surface area contributed by atoms with Crippen molar-refractivity contribution in [1.29, 1.82) is 10.5 Å². The normalized spacial score (nSPS) is 16.0. The molecule has 4 heterocycles. The van der Waals surface area contributed by atoms with E-state index in [1.54, 1.807) is 6.20 Å². The van der Waals surface area contributed by atoms with Crippen LogP contribution in [0, 0.1) is 22.7 Å². The van der Waals surface area contributed by atoms with Gasteiger partial charge in [0.1, 0.15) is 24.0 Å². The molecule has 15 heteroatoms. The standard InChI is InChI=1S/C25H30F3N7O3SSi/c1-40(2,3)11-9-38-18-33-8-4-21-22(19(12-30)13-31-23(21)33)20-14-32-35(15-20)24(5-7-29)16-34(17-24)39(36,37)10-6-25(26,27)28/h4,8,13-15H,5-6,9-11,16-18H2,1-3H3. The molecular weight excluding hydrogens is 563 g/mol. The van der Waals surface area contributed by atoms with Crippen LogP contribution in [0.3, 0.4) is 0 Å². The molecule has 0 unspecified atom stereocenters. The highest BCUT2D eigenvalue weighted by Crippen LogP contribution is 2.38. The number of nitriles is 2. The number of nitrogens with zero attached hydrogens (tertiary/aromatic N) is 7. The molecule has 0 aromatic carbocycles. The number of halogens is 3. The Labute approximate surface area is 231 Å². The smallest absolute Gasteiger partial charge is 0.361 e. The fourth-order valence-corrected chi connectivity index (χ4v) is 6.93. The Hall–Kier alpha value is -3.24. The second-order valence-electron chi connectivity index (χ2n) is 11.2. The van der Waals surface area contributed by atoms with Gasteiger partial charge in [-0.15, -0.1) is 0 Å². The zero-order valence-electron chi connectivity index (χ0n) is 22.4. The van der Waals surface area contributed by atoms with Crippen molar-refractivity contribution < 1.29 is 26.3 Å². The quantitative estimate of drug-likeness (QED) is 0.240. The molecule has 214 valence electrons. The molecule has 0 amide bonds. The first-order chi connectivity index (χ1) is 18.7. The number of aromatic nitrogens is 4. The van der Waals surface area contributed by atoms with Gasteiger partial charge in [0.05, 0.1) is 36.4 Å². The number of hydrogen-bond donors (Lipinski definition) is 0. The van der Waals surface area contributed by atoms with Gasteiger partial charge in [0.2, 0.25) is 10.0 Å². The zero-order valence-corrected chi connectivity index (χ0v) is 24.3. The summed E-state index contributed by atoms with van der Waals surface area (Å²) >= 11 is 0. The van der Waals surface area contributed by atoms with E-state index >= 15 is 0 Å². The lowest BCUT2D eigenvalue weighted by Gasteiger charge is -2.47. The summed E-state index contributed by atoms with van der Waals surface area (Å²) in [5.74, 6) is -1.05. The van der Waals surface area contributed by atoms with Crippen molar-refractivity contribution in [3.05, 3.63) is 36.4 Å². The van der Waals surface area contributed by atoms with E-state index in [1.807, 2.05) is 22.9 Å². The lowest BCUT2D eigenvalue weighted by Crippen LogP contribution is -2.64. The van der Waals surface area contributed by atoms with Gasteiger partial charge >= 0.3 is 6.18 Å². The SMILES string of the molecule is C[Si](C)(C)CCOCn1ccc2c(-c3cnn(C4(CC#N)CN(S(=O)(=O)CCC(F)(F)F)C4)c3)c(C#N)cnc21. The molecule has 4 rings (SSSR count). The largest absolute Gasteiger partial charge is 0.390 e. The van der Waals surface area contributed by atoms with Gasteiger partial charge in [-0.05, 0) is 12.1 Å². The highest BCUT2D eigenvalue weighted by Gasteiger charge is 2.50. The van der Waals surface area contributed by atoms with Crippen molar-refractivity contribution in [3.8, 4) is 23.3 Å². The molecule has 0 spiro atoms. The minimum atomic E-state index is -4.59. The van der Waals surface area contributed by atoms with Gasteiger partial charge in [0, 0.05) is 62.9 Å². The van der Waals surface area contributed by atoms with Crippen LogP contribution in [-0.2, 0) is 27.0 Å². The Morgan fingerprint density at radius 3 is 2.55 bits per heavy atom. The number of sulfonamides is 1. The third-order valence-corrected chi connectivity index (χ3v) is 10.3. The molecular formula is C25H30F3N7O3SSi. The molecule has 0 radical (unpaired) electrons. The van der Waals surface area contributed by atoms with Gasteiger partial charge in [0.15, 0.2) is 0 Å². The Kier molecular flexibility index (Phi) is 8.15. The molecule has 0 atom stereocenters. The molecule has 10 nitrogen and oxygen atoms in total. The molecule has 1 fully saturated rings. The molecule has 1 saturated heterocycles.